The van der Waals surface area contributed by atoms with Crippen LogP contribution in [0.5, 0.6) is 0 Å². The molecule has 0 aromatic carbocycles. The predicted octanol–water partition coefficient (Wildman–Crippen LogP) is 0.439. The van der Waals surface area contributed by atoms with Crippen molar-refractivity contribution < 1.29 is 9.50 Å². The first-order valence-corrected chi connectivity index (χ1v) is 5.17. The fourth-order valence-corrected chi connectivity index (χ4v) is 1.99. The van der Waals surface area contributed by atoms with Crippen molar-refractivity contribution in [2.75, 3.05) is 18.0 Å². The van der Waals surface area contributed by atoms with Crippen LogP contribution in [-0.2, 0) is 0 Å². The Morgan fingerprint density at radius 1 is 1.38 bits per heavy atom. The van der Waals surface area contributed by atoms with Gasteiger partial charge in [0.2, 0.25) is 5.95 Å². The third kappa shape index (κ3) is 1.42. The molecule has 1 N–H and O–H groups in total. The van der Waals surface area contributed by atoms with Crippen molar-refractivity contribution in [3.8, 4) is 0 Å². The summed E-state index contributed by atoms with van der Waals surface area (Å²) in [6.45, 7) is 1.25. The fourth-order valence-electron chi connectivity index (χ4n) is 1.99. The first kappa shape index (κ1) is 9.53. The van der Waals surface area contributed by atoms with Gasteiger partial charge in [-0.3, -0.25) is 4.40 Å². The summed E-state index contributed by atoms with van der Waals surface area (Å²) in [5.74, 6) is 0.263. The number of nitrogens with zero attached hydrogens (tertiary/aromatic N) is 4. The van der Waals surface area contributed by atoms with Gasteiger partial charge in [-0.05, 0) is 18.6 Å². The molecule has 5 nitrogen and oxygen atoms in total. The lowest BCUT2D eigenvalue weighted by atomic mass is 10.3. The van der Waals surface area contributed by atoms with Gasteiger partial charge in [-0.2, -0.15) is 0 Å². The second-order valence-corrected chi connectivity index (χ2v) is 3.96. The van der Waals surface area contributed by atoms with Crippen LogP contribution in [0.3, 0.4) is 0 Å². The summed E-state index contributed by atoms with van der Waals surface area (Å²) in [6, 6.07) is 2.94. The van der Waals surface area contributed by atoms with Crippen LogP contribution in [0.2, 0.25) is 0 Å². The van der Waals surface area contributed by atoms with E-state index in [1.165, 1.54) is 12.3 Å². The number of aromatic nitrogens is 3. The number of anilines is 1. The third-order valence-corrected chi connectivity index (χ3v) is 2.79. The van der Waals surface area contributed by atoms with Crippen LogP contribution in [0.25, 0.3) is 5.65 Å². The van der Waals surface area contributed by atoms with Gasteiger partial charge in [0.05, 0.1) is 6.10 Å². The molecular weight excluding hydrogens is 211 g/mol. The predicted molar refractivity (Wildman–Crippen MR) is 55.8 cm³/mol. The average Bonchev–Trinajstić information content (AvgIpc) is 2.83. The number of pyridine rings is 1. The molecule has 3 heterocycles. The van der Waals surface area contributed by atoms with Gasteiger partial charge in [-0.25, -0.2) is 4.39 Å². The number of aliphatic hydroxyl groups is 1. The highest BCUT2D eigenvalue weighted by atomic mass is 19.1. The van der Waals surface area contributed by atoms with Gasteiger partial charge < -0.3 is 10.0 Å². The number of hydrogen-bond donors (Lipinski definition) is 1. The van der Waals surface area contributed by atoms with E-state index in [0.29, 0.717) is 24.6 Å². The van der Waals surface area contributed by atoms with Crippen molar-refractivity contribution in [2.45, 2.75) is 12.5 Å². The van der Waals surface area contributed by atoms with E-state index < -0.39 is 0 Å². The van der Waals surface area contributed by atoms with E-state index in [9.17, 15) is 9.50 Å². The molecule has 2 aromatic rings. The van der Waals surface area contributed by atoms with Crippen LogP contribution >= 0.6 is 0 Å². The summed E-state index contributed by atoms with van der Waals surface area (Å²) in [5.41, 5.74) is 0.609. The molecular formula is C10H11FN4O. The maximum Gasteiger partial charge on any atom is 0.231 e. The number of hydrogen-bond acceptors (Lipinski definition) is 4. The van der Waals surface area contributed by atoms with E-state index >= 15 is 0 Å². The summed E-state index contributed by atoms with van der Waals surface area (Å²) in [5, 5.41) is 17.4. The SMILES string of the molecule is O[C@H]1CCN(c2nnc3ccc(F)cn23)C1. The lowest BCUT2D eigenvalue weighted by molar-refractivity contribution is 0.198. The second-order valence-electron chi connectivity index (χ2n) is 3.96. The molecule has 2 aromatic heterocycles. The zero-order valence-electron chi connectivity index (χ0n) is 8.54. The van der Waals surface area contributed by atoms with Crippen molar-refractivity contribution in [1.82, 2.24) is 14.6 Å². The van der Waals surface area contributed by atoms with Crippen LogP contribution < -0.4 is 4.90 Å². The minimum absolute atomic E-state index is 0.326. The smallest absolute Gasteiger partial charge is 0.231 e. The van der Waals surface area contributed by atoms with Crippen LogP contribution in [0.15, 0.2) is 18.3 Å². The molecule has 0 amide bonds. The van der Waals surface area contributed by atoms with Crippen molar-refractivity contribution in [3.05, 3.63) is 24.1 Å². The Balaban J connectivity index is 2.06. The Morgan fingerprint density at radius 3 is 3.00 bits per heavy atom. The van der Waals surface area contributed by atoms with E-state index in [1.54, 1.807) is 10.5 Å². The maximum absolute atomic E-state index is 13.1. The second kappa shape index (κ2) is 3.41. The first-order chi connectivity index (χ1) is 7.74. The van der Waals surface area contributed by atoms with Crippen molar-refractivity contribution in [3.63, 3.8) is 0 Å². The van der Waals surface area contributed by atoms with Crippen LogP contribution in [0.4, 0.5) is 10.3 Å². The monoisotopic (exact) mass is 222 g/mol. The molecule has 1 aliphatic heterocycles. The zero-order valence-corrected chi connectivity index (χ0v) is 8.54. The van der Waals surface area contributed by atoms with Crippen LogP contribution in [-0.4, -0.2) is 38.9 Å². The van der Waals surface area contributed by atoms with Gasteiger partial charge in [0.15, 0.2) is 5.65 Å². The molecule has 0 spiro atoms. The molecule has 3 rings (SSSR count). The molecule has 0 bridgehead atoms. The minimum atomic E-state index is -0.332. The molecule has 0 unspecified atom stereocenters. The Bertz CT molecular complexity index is 527. The number of rotatable bonds is 1. The highest BCUT2D eigenvalue weighted by Gasteiger charge is 2.24. The standard InChI is InChI=1S/C10H11FN4O/c11-7-1-2-9-12-13-10(15(9)5-7)14-4-3-8(16)6-14/h1-2,5,8,16H,3-4,6H2/t8-/m0/s1. The molecule has 1 aliphatic rings. The highest BCUT2D eigenvalue weighted by Crippen LogP contribution is 2.19. The van der Waals surface area contributed by atoms with Crippen molar-refractivity contribution >= 4 is 11.6 Å². The van der Waals surface area contributed by atoms with Gasteiger partial charge in [0, 0.05) is 19.3 Å². The van der Waals surface area contributed by atoms with Crippen LogP contribution in [0.1, 0.15) is 6.42 Å². The van der Waals surface area contributed by atoms with Gasteiger partial charge in [-0.15, -0.1) is 10.2 Å². The molecule has 0 aliphatic carbocycles. The third-order valence-electron chi connectivity index (χ3n) is 2.79. The quantitative estimate of drug-likeness (QED) is 0.760. The summed E-state index contributed by atoms with van der Waals surface area (Å²) in [4.78, 5) is 1.91. The topological polar surface area (TPSA) is 53.7 Å². The number of fused-ring (bicyclic) bond motifs is 1. The first-order valence-electron chi connectivity index (χ1n) is 5.17. The molecule has 16 heavy (non-hydrogen) atoms. The van der Waals surface area contributed by atoms with Gasteiger partial charge in [-0.1, -0.05) is 0 Å². The zero-order chi connectivity index (χ0) is 11.1. The Hall–Kier alpha value is -1.69. The Kier molecular flexibility index (Phi) is 2.03. The normalized spacial score (nSPS) is 20.9. The van der Waals surface area contributed by atoms with E-state index in [1.807, 2.05) is 4.90 Å². The molecule has 1 atom stereocenters. The largest absolute Gasteiger partial charge is 0.391 e. The number of β-amino-alcohol motifs (C(OH)–C–C–N with tert-alkyl or cyclic N) is 1. The molecule has 1 saturated heterocycles. The fraction of sp³-hybridized carbons (Fsp3) is 0.400. The summed E-state index contributed by atoms with van der Waals surface area (Å²) < 4.78 is 14.7. The highest BCUT2D eigenvalue weighted by molar-refractivity contribution is 5.47. The van der Waals surface area contributed by atoms with Crippen molar-refractivity contribution in [1.29, 1.82) is 0 Å². The molecule has 1 fully saturated rings. The van der Waals surface area contributed by atoms with Gasteiger partial charge >= 0.3 is 0 Å². The van der Waals surface area contributed by atoms with Crippen molar-refractivity contribution in [2.24, 2.45) is 0 Å². The Labute approximate surface area is 91.1 Å². The maximum atomic E-state index is 13.1. The van der Waals surface area contributed by atoms with E-state index in [0.717, 1.165) is 6.54 Å². The molecule has 6 heteroatoms. The Morgan fingerprint density at radius 2 is 2.25 bits per heavy atom. The molecule has 84 valence electrons. The van der Waals surface area contributed by atoms with E-state index in [4.69, 9.17) is 0 Å². The lowest BCUT2D eigenvalue weighted by Gasteiger charge is -2.14. The minimum Gasteiger partial charge on any atom is -0.391 e. The number of aliphatic hydroxyl groups excluding tert-OH is 1. The van der Waals surface area contributed by atoms with E-state index in [-0.39, 0.29) is 11.9 Å². The van der Waals surface area contributed by atoms with Gasteiger partial charge in [0.25, 0.3) is 0 Å². The molecule has 0 saturated carbocycles. The summed E-state index contributed by atoms with van der Waals surface area (Å²) >= 11 is 0. The lowest BCUT2D eigenvalue weighted by Crippen LogP contribution is -2.23. The van der Waals surface area contributed by atoms with Gasteiger partial charge in [0.1, 0.15) is 5.82 Å². The van der Waals surface area contributed by atoms with E-state index in [2.05, 4.69) is 10.2 Å². The van der Waals surface area contributed by atoms with Crippen LogP contribution in [0, 0.1) is 5.82 Å². The summed E-state index contributed by atoms with van der Waals surface area (Å²) in [7, 11) is 0. The average molecular weight is 222 g/mol. The summed E-state index contributed by atoms with van der Waals surface area (Å²) in [6.07, 6.45) is 1.74. The molecule has 0 radical (unpaired) electrons. The number of halogens is 1.